The van der Waals surface area contributed by atoms with Gasteiger partial charge in [-0.2, -0.15) is 0 Å². The highest BCUT2D eigenvalue weighted by atomic mass is 16.5. The van der Waals surface area contributed by atoms with Crippen LogP contribution in [0.25, 0.3) is 43.7 Å². The standard InChI is InChI=1S/C23H17NO5/c1-10-8-17(25)28-15-9-16(27-2)21-19(18(10)15)14-7-6-12-11-4-3-5-13(11)23(26)29-22(12)20(14)24-21/h6-9,24H,3-5H2,1-2H3. The van der Waals surface area contributed by atoms with Gasteiger partial charge < -0.3 is 18.6 Å². The average molecular weight is 387 g/mol. The van der Waals surface area contributed by atoms with Crippen LogP contribution in [-0.4, -0.2) is 12.1 Å². The third-order valence-corrected chi connectivity index (χ3v) is 6.08. The summed E-state index contributed by atoms with van der Waals surface area (Å²) in [4.78, 5) is 27.9. The van der Waals surface area contributed by atoms with Crippen molar-refractivity contribution >= 4 is 43.7 Å². The number of fused-ring (bicyclic) bond motifs is 9. The minimum Gasteiger partial charge on any atom is -0.494 e. The summed E-state index contributed by atoms with van der Waals surface area (Å²) in [7, 11) is 1.57. The highest BCUT2D eigenvalue weighted by molar-refractivity contribution is 6.25. The maximum Gasteiger partial charge on any atom is 0.339 e. The summed E-state index contributed by atoms with van der Waals surface area (Å²) in [6, 6.07) is 7.27. The molecule has 6 heteroatoms. The summed E-state index contributed by atoms with van der Waals surface area (Å²) in [5, 5.41) is 3.60. The number of rotatable bonds is 1. The molecule has 2 aromatic carbocycles. The molecule has 3 heterocycles. The largest absolute Gasteiger partial charge is 0.494 e. The van der Waals surface area contributed by atoms with Crippen LogP contribution in [0.2, 0.25) is 0 Å². The summed E-state index contributed by atoms with van der Waals surface area (Å²) < 4.78 is 16.8. The van der Waals surface area contributed by atoms with E-state index in [4.69, 9.17) is 13.6 Å². The molecule has 0 aliphatic heterocycles. The van der Waals surface area contributed by atoms with E-state index in [0.717, 1.165) is 68.5 Å². The molecule has 0 fully saturated rings. The number of nitrogens with one attached hydrogen (secondary N) is 1. The van der Waals surface area contributed by atoms with Gasteiger partial charge in [-0.3, -0.25) is 0 Å². The van der Waals surface area contributed by atoms with Gasteiger partial charge in [-0.15, -0.1) is 0 Å². The number of aryl methyl sites for hydroxylation is 2. The zero-order valence-corrected chi connectivity index (χ0v) is 16.0. The van der Waals surface area contributed by atoms with Gasteiger partial charge in [0.25, 0.3) is 0 Å². The SMILES string of the molecule is COc1cc2oc(=O)cc(C)c2c2c1[nH]c1c2ccc2c3c(c(=O)oc21)CCC3. The number of benzene rings is 2. The Morgan fingerprint density at radius 2 is 1.76 bits per heavy atom. The van der Waals surface area contributed by atoms with Gasteiger partial charge in [0.15, 0.2) is 5.58 Å². The number of aromatic nitrogens is 1. The fourth-order valence-corrected chi connectivity index (χ4v) is 4.85. The van der Waals surface area contributed by atoms with E-state index in [2.05, 4.69) is 4.98 Å². The molecule has 1 N–H and O–H groups in total. The first-order valence-corrected chi connectivity index (χ1v) is 9.61. The number of ether oxygens (including phenoxy) is 1. The highest BCUT2D eigenvalue weighted by Crippen LogP contribution is 2.41. The first-order chi connectivity index (χ1) is 14.1. The molecule has 0 saturated heterocycles. The van der Waals surface area contributed by atoms with Crippen LogP contribution < -0.4 is 16.0 Å². The van der Waals surface area contributed by atoms with E-state index in [-0.39, 0.29) is 5.63 Å². The average Bonchev–Trinajstić information content (AvgIpc) is 3.32. The Kier molecular flexibility index (Phi) is 3.12. The molecule has 6 rings (SSSR count). The molecule has 0 amide bonds. The molecule has 3 aromatic heterocycles. The molecule has 0 atom stereocenters. The summed E-state index contributed by atoms with van der Waals surface area (Å²) in [5.41, 5.74) is 4.62. The third kappa shape index (κ3) is 2.06. The number of hydrogen-bond acceptors (Lipinski definition) is 5. The Labute approximate surface area is 163 Å². The fraction of sp³-hybridized carbons (Fsp3) is 0.217. The molecular formula is C23H17NO5. The zero-order valence-electron chi connectivity index (χ0n) is 16.0. The van der Waals surface area contributed by atoms with E-state index in [1.54, 1.807) is 13.2 Å². The van der Waals surface area contributed by atoms with E-state index < -0.39 is 5.63 Å². The Hall–Kier alpha value is -3.54. The van der Waals surface area contributed by atoms with E-state index >= 15 is 0 Å². The number of aromatic amines is 1. The van der Waals surface area contributed by atoms with Crippen molar-refractivity contribution in [3.05, 3.63) is 61.8 Å². The lowest BCUT2D eigenvalue weighted by Gasteiger charge is -2.07. The molecule has 144 valence electrons. The first-order valence-electron chi connectivity index (χ1n) is 9.61. The van der Waals surface area contributed by atoms with Crippen LogP contribution in [-0.2, 0) is 12.8 Å². The smallest absolute Gasteiger partial charge is 0.339 e. The van der Waals surface area contributed by atoms with Crippen LogP contribution in [0.5, 0.6) is 5.75 Å². The normalized spacial score (nSPS) is 13.7. The third-order valence-electron chi connectivity index (χ3n) is 6.08. The molecule has 0 spiro atoms. The van der Waals surface area contributed by atoms with Crippen molar-refractivity contribution in [3.8, 4) is 5.75 Å². The van der Waals surface area contributed by atoms with Gasteiger partial charge in [-0.1, -0.05) is 12.1 Å². The molecule has 0 unspecified atom stereocenters. The Morgan fingerprint density at radius 1 is 0.966 bits per heavy atom. The van der Waals surface area contributed by atoms with E-state index in [0.29, 0.717) is 16.9 Å². The predicted octanol–water partition coefficient (Wildman–Crippen LogP) is 4.34. The first kappa shape index (κ1) is 16.4. The summed E-state index contributed by atoms with van der Waals surface area (Å²) in [6.45, 7) is 1.89. The lowest BCUT2D eigenvalue weighted by Crippen LogP contribution is -2.06. The van der Waals surface area contributed by atoms with Gasteiger partial charge in [0.05, 0.1) is 18.1 Å². The van der Waals surface area contributed by atoms with Gasteiger partial charge in [0, 0.05) is 39.2 Å². The van der Waals surface area contributed by atoms with Crippen LogP contribution in [0.1, 0.15) is 23.1 Å². The minimum absolute atomic E-state index is 0.254. The van der Waals surface area contributed by atoms with Crippen molar-refractivity contribution in [2.45, 2.75) is 26.2 Å². The molecular weight excluding hydrogens is 370 g/mol. The molecule has 5 aromatic rings. The Morgan fingerprint density at radius 3 is 2.59 bits per heavy atom. The van der Waals surface area contributed by atoms with Gasteiger partial charge in [0.1, 0.15) is 11.3 Å². The highest BCUT2D eigenvalue weighted by Gasteiger charge is 2.23. The second-order valence-electron chi connectivity index (χ2n) is 7.64. The van der Waals surface area contributed by atoms with Crippen LogP contribution >= 0.6 is 0 Å². The second-order valence-corrected chi connectivity index (χ2v) is 7.64. The van der Waals surface area contributed by atoms with Crippen LogP contribution in [0.4, 0.5) is 0 Å². The maximum atomic E-state index is 12.6. The van der Waals surface area contributed by atoms with Gasteiger partial charge in [0.2, 0.25) is 0 Å². The second kappa shape index (κ2) is 5.50. The van der Waals surface area contributed by atoms with Crippen molar-refractivity contribution in [1.82, 2.24) is 4.98 Å². The number of methoxy groups -OCH3 is 1. The van der Waals surface area contributed by atoms with Crippen molar-refractivity contribution < 1.29 is 13.6 Å². The van der Waals surface area contributed by atoms with Crippen LogP contribution in [0.15, 0.2) is 42.7 Å². The van der Waals surface area contributed by atoms with E-state index in [9.17, 15) is 9.59 Å². The van der Waals surface area contributed by atoms with E-state index in [1.165, 1.54) is 6.07 Å². The van der Waals surface area contributed by atoms with Crippen molar-refractivity contribution in [2.75, 3.05) is 7.11 Å². The molecule has 1 aliphatic carbocycles. The predicted molar refractivity (Wildman–Crippen MR) is 111 cm³/mol. The molecule has 1 aliphatic rings. The lowest BCUT2D eigenvalue weighted by atomic mass is 10.0. The topological polar surface area (TPSA) is 85.4 Å². The molecule has 0 radical (unpaired) electrons. The summed E-state index contributed by atoms with van der Waals surface area (Å²) in [5.74, 6) is 0.564. The van der Waals surface area contributed by atoms with Crippen LogP contribution in [0.3, 0.4) is 0 Å². The summed E-state index contributed by atoms with van der Waals surface area (Å²) >= 11 is 0. The summed E-state index contributed by atoms with van der Waals surface area (Å²) in [6.07, 6.45) is 2.63. The number of H-pyrrole nitrogens is 1. The maximum absolute atomic E-state index is 12.6. The van der Waals surface area contributed by atoms with E-state index in [1.807, 2.05) is 19.1 Å². The Balaban J connectivity index is 1.89. The quantitative estimate of drug-likeness (QED) is 0.433. The minimum atomic E-state index is -0.400. The van der Waals surface area contributed by atoms with Crippen molar-refractivity contribution in [1.29, 1.82) is 0 Å². The van der Waals surface area contributed by atoms with Gasteiger partial charge >= 0.3 is 11.3 Å². The van der Waals surface area contributed by atoms with Gasteiger partial charge in [-0.25, -0.2) is 9.59 Å². The lowest BCUT2D eigenvalue weighted by molar-refractivity contribution is 0.418. The molecule has 0 saturated carbocycles. The van der Waals surface area contributed by atoms with Crippen molar-refractivity contribution in [3.63, 3.8) is 0 Å². The molecule has 0 bridgehead atoms. The van der Waals surface area contributed by atoms with Crippen LogP contribution in [0, 0.1) is 6.92 Å². The monoisotopic (exact) mass is 387 g/mol. The van der Waals surface area contributed by atoms with Crippen molar-refractivity contribution in [2.24, 2.45) is 0 Å². The molecule has 29 heavy (non-hydrogen) atoms. The van der Waals surface area contributed by atoms with Gasteiger partial charge in [-0.05, 0) is 37.3 Å². The molecule has 6 nitrogen and oxygen atoms in total. The fourth-order valence-electron chi connectivity index (χ4n) is 4.85. The number of hydrogen-bond donors (Lipinski definition) is 1. The zero-order chi connectivity index (χ0) is 19.9. The Bertz CT molecular complexity index is 1620.